The van der Waals surface area contributed by atoms with Crippen molar-refractivity contribution < 1.29 is 51.0 Å². The lowest BCUT2D eigenvalue weighted by Gasteiger charge is -2.35. The number of nitrogens with zero attached hydrogens (tertiary/aromatic N) is 5. The van der Waals surface area contributed by atoms with Crippen LogP contribution in [-0.4, -0.2) is 82.6 Å². The van der Waals surface area contributed by atoms with Gasteiger partial charge in [0.15, 0.2) is 10.8 Å². The van der Waals surface area contributed by atoms with Crippen LogP contribution in [0.3, 0.4) is 0 Å². The Hall–Kier alpha value is -6.20. The Morgan fingerprint density at radius 1 is 1.10 bits per heavy atom. The molecule has 3 fully saturated rings. The van der Waals surface area contributed by atoms with Crippen molar-refractivity contribution in [2.24, 2.45) is 5.92 Å². The number of carbonyl (C=O) groups excluding carboxylic acids is 5. The fourth-order valence-electron chi connectivity index (χ4n) is 7.62. The molecular weight excluding hydrogens is 825 g/mol. The van der Waals surface area contributed by atoms with Gasteiger partial charge in [-0.2, -0.15) is 18.4 Å². The molecule has 61 heavy (non-hydrogen) atoms. The third-order valence-corrected chi connectivity index (χ3v) is 11.2. The van der Waals surface area contributed by atoms with Crippen LogP contribution in [0.2, 0.25) is 0 Å². The Morgan fingerprint density at radius 2 is 1.82 bits per heavy atom. The Bertz CT molecular complexity index is 2280. The van der Waals surface area contributed by atoms with Gasteiger partial charge in [0.25, 0.3) is 18.3 Å². The number of aryl methyl sites for hydroxylation is 1. The molecule has 3 aliphatic heterocycles. The fraction of sp³-hybridized carbons (Fsp3) is 0.415. The minimum Gasteiger partial charge on any atom is -0.493 e. The number of carbonyl (C=O) groups is 5. The number of likely N-dealkylation sites (tertiary alicyclic amines) is 1. The molecule has 20 heteroatoms. The number of nitrogens with one attached hydrogen (secondary N) is 3. The van der Waals surface area contributed by atoms with E-state index in [1.807, 2.05) is 13.0 Å². The minimum atomic E-state index is -4.88. The molecule has 0 saturated carbocycles. The Labute approximate surface area is 353 Å². The number of nitriles is 1. The zero-order valence-corrected chi connectivity index (χ0v) is 34.1. The van der Waals surface area contributed by atoms with Gasteiger partial charge < -0.3 is 25.0 Å². The SMILES string of the molecule is CCc1cc(N2C(=S)N(c3cnc(C#N)c(C(F)(F)F)c3)C(=O)C2(C)C)ccc1OCCC1CCN(C(OC=O)C(=O)Nc2cc(F)cc(NC3CCC(=O)NC3=O)c2)CC1. The number of hydrogen-bond acceptors (Lipinski definition) is 12. The lowest BCUT2D eigenvalue weighted by atomic mass is 9.93. The first kappa shape index (κ1) is 44.4. The van der Waals surface area contributed by atoms with E-state index < -0.39 is 64.7 Å². The number of thiocarbonyl (C=S) groups is 1. The molecule has 15 nitrogen and oxygen atoms in total. The summed E-state index contributed by atoms with van der Waals surface area (Å²) >= 11 is 5.67. The van der Waals surface area contributed by atoms with Gasteiger partial charge in [-0.05, 0) is 112 Å². The first-order valence-corrected chi connectivity index (χ1v) is 19.8. The minimum absolute atomic E-state index is 0.0580. The van der Waals surface area contributed by atoms with Crippen LogP contribution in [0.25, 0.3) is 0 Å². The van der Waals surface area contributed by atoms with Crippen LogP contribution in [0.4, 0.5) is 40.3 Å². The van der Waals surface area contributed by atoms with Gasteiger partial charge in [0.1, 0.15) is 29.2 Å². The summed E-state index contributed by atoms with van der Waals surface area (Å²) in [4.78, 5) is 70.0. The number of piperidine rings is 2. The molecule has 3 aromatic rings. The second-order valence-corrected chi connectivity index (χ2v) is 15.6. The third-order valence-electron chi connectivity index (χ3n) is 10.8. The topological polar surface area (TPSA) is 186 Å². The number of rotatable bonds is 14. The van der Waals surface area contributed by atoms with Gasteiger partial charge in [-0.1, -0.05) is 6.92 Å². The van der Waals surface area contributed by atoms with Crippen molar-refractivity contribution >= 4 is 70.2 Å². The molecular formula is C41H42F4N8O7S. The van der Waals surface area contributed by atoms with Gasteiger partial charge in [-0.25, -0.2) is 9.37 Å². The second kappa shape index (κ2) is 18.2. The molecule has 2 atom stereocenters. The molecule has 4 amide bonds. The molecule has 0 radical (unpaired) electrons. The maximum Gasteiger partial charge on any atom is 0.419 e. The molecule has 1 aromatic heterocycles. The van der Waals surface area contributed by atoms with Crippen molar-refractivity contribution in [1.29, 1.82) is 5.26 Å². The predicted molar refractivity (Wildman–Crippen MR) is 217 cm³/mol. The van der Waals surface area contributed by atoms with Crippen LogP contribution in [0, 0.1) is 23.1 Å². The molecule has 0 aliphatic carbocycles. The van der Waals surface area contributed by atoms with Gasteiger partial charge >= 0.3 is 6.18 Å². The number of benzene rings is 2. The van der Waals surface area contributed by atoms with Crippen LogP contribution in [0.5, 0.6) is 5.75 Å². The summed E-state index contributed by atoms with van der Waals surface area (Å²) in [6.45, 7) is 6.49. The largest absolute Gasteiger partial charge is 0.493 e. The fourth-order valence-corrected chi connectivity index (χ4v) is 8.14. The Morgan fingerprint density at radius 3 is 2.48 bits per heavy atom. The van der Waals surface area contributed by atoms with Crippen molar-refractivity contribution in [3.05, 3.63) is 71.3 Å². The van der Waals surface area contributed by atoms with Crippen molar-refractivity contribution in [1.82, 2.24) is 15.2 Å². The molecule has 6 rings (SSSR count). The monoisotopic (exact) mass is 866 g/mol. The molecule has 0 spiro atoms. The molecule has 4 heterocycles. The second-order valence-electron chi connectivity index (χ2n) is 15.2. The molecule has 3 aliphatic rings. The Kier molecular flexibility index (Phi) is 13.2. The lowest BCUT2D eigenvalue weighted by Crippen LogP contribution is -2.49. The van der Waals surface area contributed by atoms with Crippen LogP contribution in [0.15, 0.2) is 48.7 Å². The van der Waals surface area contributed by atoms with E-state index in [1.165, 1.54) is 12.1 Å². The van der Waals surface area contributed by atoms with Crippen molar-refractivity contribution in [3.8, 4) is 11.8 Å². The predicted octanol–water partition coefficient (Wildman–Crippen LogP) is 5.43. The first-order valence-electron chi connectivity index (χ1n) is 19.4. The smallest absolute Gasteiger partial charge is 0.419 e. The van der Waals surface area contributed by atoms with E-state index in [1.54, 1.807) is 35.8 Å². The maximum absolute atomic E-state index is 14.5. The molecule has 2 unspecified atom stereocenters. The van der Waals surface area contributed by atoms with Gasteiger partial charge in [0.2, 0.25) is 18.0 Å². The molecule has 3 saturated heterocycles. The highest BCUT2D eigenvalue weighted by atomic mass is 32.1. The van der Waals surface area contributed by atoms with E-state index in [-0.39, 0.29) is 47.4 Å². The molecule has 3 N–H and O–H groups in total. The Balaban J connectivity index is 1.04. The summed E-state index contributed by atoms with van der Waals surface area (Å²) in [6.07, 6.45) is -2.30. The van der Waals surface area contributed by atoms with Crippen LogP contribution < -0.4 is 30.5 Å². The third kappa shape index (κ3) is 9.73. The highest BCUT2D eigenvalue weighted by molar-refractivity contribution is 7.81. The summed E-state index contributed by atoms with van der Waals surface area (Å²) in [6, 6.07) is 10.3. The molecule has 2 aromatic carbocycles. The number of amides is 4. The van der Waals surface area contributed by atoms with Gasteiger partial charge in [0, 0.05) is 36.6 Å². The number of anilines is 4. The normalized spacial score (nSPS) is 19.0. The first-order chi connectivity index (χ1) is 28.9. The van der Waals surface area contributed by atoms with E-state index in [2.05, 4.69) is 20.9 Å². The summed E-state index contributed by atoms with van der Waals surface area (Å²) < 4.78 is 67.2. The lowest BCUT2D eigenvalue weighted by molar-refractivity contribution is -0.155. The highest BCUT2D eigenvalue weighted by Crippen LogP contribution is 2.40. The summed E-state index contributed by atoms with van der Waals surface area (Å²) in [5.74, 6) is -2.09. The van der Waals surface area contributed by atoms with Crippen LogP contribution in [-0.2, 0) is 41.3 Å². The molecule has 322 valence electrons. The molecule has 0 bridgehead atoms. The number of hydrogen-bond donors (Lipinski definition) is 3. The van der Waals surface area contributed by atoms with Crippen molar-refractivity contribution in [2.45, 2.75) is 83.3 Å². The summed E-state index contributed by atoms with van der Waals surface area (Å²) in [5, 5.41) is 16.8. The number of halogens is 4. The number of ether oxygens (including phenoxy) is 2. The number of pyridine rings is 1. The average Bonchev–Trinajstić information content (AvgIpc) is 3.39. The van der Waals surface area contributed by atoms with Crippen molar-refractivity contribution in [2.75, 3.05) is 40.1 Å². The standard InChI is InChI=1S/C41H42F4N8O7S/c1-4-24-15-28(53-39(61)52(38(58)40(53,2)3)29-19-30(41(43,44)45)32(20-46)47-21-29)5-7-33(24)59-14-11-23-9-12-51(13-10-23)37(60-22-54)36(57)49-27-17-25(42)16-26(18-27)48-31-6-8-34(55)50-35(31)56/h5,7,15-19,21-23,31,37,48H,4,6,8-14H2,1-3H3,(H,49,57)(H,50,55,56). The average molecular weight is 867 g/mol. The quantitative estimate of drug-likeness (QED) is 0.0808. The van der Waals surface area contributed by atoms with Gasteiger partial charge in [0.05, 0.1) is 24.1 Å². The number of imide groups is 1. The van der Waals surface area contributed by atoms with E-state index in [0.29, 0.717) is 62.9 Å². The van der Waals surface area contributed by atoms with Crippen LogP contribution in [0.1, 0.15) is 69.7 Å². The maximum atomic E-state index is 14.5. The van der Waals surface area contributed by atoms with E-state index in [9.17, 15) is 46.8 Å². The number of aromatic nitrogens is 1. The zero-order chi connectivity index (χ0) is 44.2. The zero-order valence-electron chi connectivity index (χ0n) is 33.3. The summed E-state index contributed by atoms with van der Waals surface area (Å²) in [5.41, 5.74) is -2.00. The van der Waals surface area contributed by atoms with Gasteiger partial charge in [-0.15, -0.1) is 0 Å². The number of alkyl halides is 3. The van der Waals surface area contributed by atoms with E-state index in [4.69, 9.17) is 21.7 Å². The van der Waals surface area contributed by atoms with E-state index in [0.717, 1.165) is 28.8 Å². The summed E-state index contributed by atoms with van der Waals surface area (Å²) in [7, 11) is 0. The van der Waals surface area contributed by atoms with Crippen molar-refractivity contribution in [3.63, 3.8) is 0 Å². The van der Waals surface area contributed by atoms with Gasteiger partial charge in [-0.3, -0.25) is 39.1 Å². The highest BCUT2D eigenvalue weighted by Gasteiger charge is 2.51. The van der Waals surface area contributed by atoms with E-state index >= 15 is 0 Å². The van der Waals surface area contributed by atoms with Crippen LogP contribution >= 0.6 is 12.2 Å².